The van der Waals surface area contributed by atoms with Gasteiger partial charge in [-0.15, -0.1) is 11.8 Å². The average molecular weight is 228 g/mol. The first kappa shape index (κ1) is 11.7. The lowest BCUT2D eigenvalue weighted by Crippen LogP contribution is -2.24. The molecule has 1 amide bonds. The molecule has 0 saturated heterocycles. The Morgan fingerprint density at radius 3 is 3.06 bits per heavy atom. The Labute approximate surface area is 102 Å². The molecule has 0 atom stereocenters. The predicted octanol–water partition coefficient (Wildman–Crippen LogP) is 1.43. The van der Waals surface area contributed by atoms with Gasteiger partial charge in [0, 0.05) is 31.6 Å². The van der Waals surface area contributed by atoms with Crippen molar-refractivity contribution in [1.82, 2.24) is 10.6 Å². The first-order chi connectivity index (χ1) is 8.31. The molecule has 2 N–H and O–H groups in total. The molecule has 3 heteroatoms. The van der Waals surface area contributed by atoms with Crippen LogP contribution >= 0.6 is 0 Å². The fourth-order valence-corrected chi connectivity index (χ4v) is 1.90. The van der Waals surface area contributed by atoms with Gasteiger partial charge in [0.15, 0.2) is 0 Å². The lowest BCUT2D eigenvalue weighted by Gasteiger charge is -2.05. The van der Waals surface area contributed by atoms with E-state index >= 15 is 0 Å². The number of carbonyl (C=O) groups is 1. The molecule has 1 aromatic rings. The van der Waals surface area contributed by atoms with E-state index in [-0.39, 0.29) is 5.91 Å². The summed E-state index contributed by atoms with van der Waals surface area (Å²) in [7, 11) is 0. The van der Waals surface area contributed by atoms with E-state index in [2.05, 4.69) is 22.5 Å². The van der Waals surface area contributed by atoms with Crippen LogP contribution in [-0.4, -0.2) is 12.5 Å². The Bertz CT molecular complexity index is 483. The molecule has 0 bridgehead atoms. The summed E-state index contributed by atoms with van der Waals surface area (Å²) in [6.07, 6.45) is 0.703. The second kappa shape index (κ2) is 5.51. The van der Waals surface area contributed by atoms with Crippen molar-refractivity contribution in [3.63, 3.8) is 0 Å². The fourth-order valence-electron chi connectivity index (χ4n) is 1.90. The highest BCUT2D eigenvalue weighted by molar-refractivity contribution is 5.94. The van der Waals surface area contributed by atoms with Gasteiger partial charge in [-0.25, -0.2) is 0 Å². The van der Waals surface area contributed by atoms with Crippen molar-refractivity contribution < 1.29 is 4.79 Å². The van der Waals surface area contributed by atoms with Crippen LogP contribution in [0.15, 0.2) is 18.2 Å². The van der Waals surface area contributed by atoms with E-state index in [0.717, 1.165) is 18.7 Å². The predicted molar refractivity (Wildman–Crippen MR) is 67.4 cm³/mol. The van der Waals surface area contributed by atoms with Crippen molar-refractivity contribution in [1.29, 1.82) is 0 Å². The van der Waals surface area contributed by atoms with E-state index in [1.165, 1.54) is 11.1 Å². The number of hydrogen-bond donors (Lipinski definition) is 2. The van der Waals surface area contributed by atoms with Crippen LogP contribution < -0.4 is 10.6 Å². The molecule has 1 aromatic carbocycles. The Morgan fingerprint density at radius 2 is 2.24 bits per heavy atom. The molecule has 2 rings (SSSR count). The highest BCUT2D eigenvalue weighted by atomic mass is 16.1. The zero-order chi connectivity index (χ0) is 12.1. The summed E-state index contributed by atoms with van der Waals surface area (Å²) in [5.41, 5.74) is 3.25. The minimum atomic E-state index is -0.0161. The van der Waals surface area contributed by atoms with Crippen LogP contribution in [0.5, 0.6) is 0 Å². The molecule has 3 nitrogen and oxygen atoms in total. The van der Waals surface area contributed by atoms with Gasteiger partial charge in [-0.05, 0) is 30.2 Å². The lowest BCUT2D eigenvalue weighted by molar-refractivity contribution is 0.0954. The molecular weight excluding hydrogens is 212 g/mol. The van der Waals surface area contributed by atoms with Crippen molar-refractivity contribution >= 4 is 5.91 Å². The number of hydrogen-bond acceptors (Lipinski definition) is 2. The SMILES string of the molecule is CC#CCCNC(=O)c1ccc2c(c1)CNC2. The van der Waals surface area contributed by atoms with Crippen molar-refractivity contribution in [2.45, 2.75) is 26.4 Å². The zero-order valence-corrected chi connectivity index (χ0v) is 9.97. The van der Waals surface area contributed by atoms with Crippen LogP contribution in [0.1, 0.15) is 34.8 Å². The van der Waals surface area contributed by atoms with Gasteiger partial charge in [-0.3, -0.25) is 4.79 Å². The maximum Gasteiger partial charge on any atom is 0.251 e. The molecule has 1 aliphatic rings. The summed E-state index contributed by atoms with van der Waals surface area (Å²) >= 11 is 0. The molecule has 0 fully saturated rings. The lowest BCUT2D eigenvalue weighted by atomic mass is 10.1. The van der Waals surface area contributed by atoms with Gasteiger partial charge in [0.25, 0.3) is 5.91 Å². The van der Waals surface area contributed by atoms with Gasteiger partial charge in [0.05, 0.1) is 0 Å². The molecule has 1 aliphatic heterocycles. The molecule has 0 saturated carbocycles. The topological polar surface area (TPSA) is 41.1 Å². The summed E-state index contributed by atoms with van der Waals surface area (Å²) < 4.78 is 0. The average Bonchev–Trinajstić information content (AvgIpc) is 2.81. The maximum atomic E-state index is 11.8. The van der Waals surface area contributed by atoms with Crippen LogP contribution in [0.2, 0.25) is 0 Å². The molecular formula is C14H16N2O. The third-order valence-electron chi connectivity index (χ3n) is 2.81. The molecule has 88 valence electrons. The quantitative estimate of drug-likeness (QED) is 0.607. The van der Waals surface area contributed by atoms with E-state index in [1.54, 1.807) is 6.92 Å². The number of carbonyl (C=O) groups excluding carboxylic acids is 1. The van der Waals surface area contributed by atoms with Crippen molar-refractivity contribution in [3.8, 4) is 11.8 Å². The van der Waals surface area contributed by atoms with Crippen LogP contribution in [0.3, 0.4) is 0 Å². The van der Waals surface area contributed by atoms with Crippen molar-refractivity contribution in [2.75, 3.05) is 6.54 Å². The van der Waals surface area contributed by atoms with Gasteiger partial charge in [-0.2, -0.15) is 0 Å². The van der Waals surface area contributed by atoms with Crippen LogP contribution in [0, 0.1) is 11.8 Å². The van der Waals surface area contributed by atoms with Crippen LogP contribution in [-0.2, 0) is 13.1 Å². The standard InChI is InChI=1S/C14H16N2O/c1-2-3-4-7-16-14(17)11-5-6-12-9-15-10-13(12)8-11/h5-6,8,15H,4,7,9-10H2,1H3,(H,16,17). The number of rotatable bonds is 3. The minimum absolute atomic E-state index is 0.0161. The van der Waals surface area contributed by atoms with E-state index < -0.39 is 0 Å². The van der Waals surface area contributed by atoms with Gasteiger partial charge < -0.3 is 10.6 Å². The third-order valence-corrected chi connectivity index (χ3v) is 2.81. The number of nitrogens with one attached hydrogen (secondary N) is 2. The molecule has 0 radical (unpaired) electrons. The van der Waals surface area contributed by atoms with E-state index in [4.69, 9.17) is 0 Å². The molecule has 0 aromatic heterocycles. The molecule has 0 spiro atoms. The van der Waals surface area contributed by atoms with Gasteiger partial charge in [0.2, 0.25) is 0 Å². The van der Waals surface area contributed by atoms with E-state index in [1.807, 2.05) is 18.2 Å². The molecule has 1 heterocycles. The minimum Gasteiger partial charge on any atom is -0.351 e. The van der Waals surface area contributed by atoms with Crippen LogP contribution in [0.4, 0.5) is 0 Å². The molecule has 17 heavy (non-hydrogen) atoms. The number of fused-ring (bicyclic) bond motifs is 1. The normalized spacial score (nSPS) is 12.5. The first-order valence-corrected chi connectivity index (χ1v) is 5.81. The van der Waals surface area contributed by atoms with Gasteiger partial charge in [0.1, 0.15) is 0 Å². The number of amides is 1. The summed E-state index contributed by atoms with van der Waals surface area (Å²) in [4.78, 5) is 11.8. The molecule has 0 aliphatic carbocycles. The maximum absolute atomic E-state index is 11.8. The van der Waals surface area contributed by atoms with Gasteiger partial charge in [-0.1, -0.05) is 6.07 Å². The largest absolute Gasteiger partial charge is 0.351 e. The Balaban J connectivity index is 1.96. The van der Waals surface area contributed by atoms with Crippen molar-refractivity contribution in [2.24, 2.45) is 0 Å². The Morgan fingerprint density at radius 1 is 1.41 bits per heavy atom. The number of benzene rings is 1. The third kappa shape index (κ3) is 2.86. The second-order valence-electron chi connectivity index (χ2n) is 4.02. The van der Waals surface area contributed by atoms with E-state index in [0.29, 0.717) is 13.0 Å². The van der Waals surface area contributed by atoms with Gasteiger partial charge >= 0.3 is 0 Å². The highest BCUT2D eigenvalue weighted by Crippen LogP contribution is 2.16. The smallest absolute Gasteiger partial charge is 0.251 e. The summed E-state index contributed by atoms with van der Waals surface area (Å²) in [5, 5.41) is 6.13. The Kier molecular flexibility index (Phi) is 3.79. The van der Waals surface area contributed by atoms with Crippen LogP contribution in [0.25, 0.3) is 0 Å². The summed E-state index contributed by atoms with van der Waals surface area (Å²) in [6.45, 7) is 4.17. The first-order valence-electron chi connectivity index (χ1n) is 5.81. The zero-order valence-electron chi connectivity index (χ0n) is 9.97. The fraction of sp³-hybridized carbons (Fsp3) is 0.357. The summed E-state index contributed by atoms with van der Waals surface area (Å²) in [5.74, 6) is 5.71. The van der Waals surface area contributed by atoms with Crippen molar-refractivity contribution in [3.05, 3.63) is 34.9 Å². The monoisotopic (exact) mass is 228 g/mol. The Hall–Kier alpha value is -1.79. The van der Waals surface area contributed by atoms with E-state index in [9.17, 15) is 4.79 Å². The second-order valence-corrected chi connectivity index (χ2v) is 4.02. The summed E-state index contributed by atoms with van der Waals surface area (Å²) in [6, 6.07) is 5.87. The highest BCUT2D eigenvalue weighted by Gasteiger charge is 2.12. The molecule has 0 unspecified atom stereocenters.